The summed E-state index contributed by atoms with van der Waals surface area (Å²) in [7, 11) is 0. The van der Waals surface area contributed by atoms with Gasteiger partial charge in [-0.05, 0) is 11.1 Å². The summed E-state index contributed by atoms with van der Waals surface area (Å²) in [6.07, 6.45) is 1.65. The topological polar surface area (TPSA) is 56.1 Å². The lowest BCUT2D eigenvalue weighted by atomic mass is 10.2. The molecule has 1 aliphatic heterocycles. The molecule has 1 aliphatic rings. The molecule has 1 fully saturated rings. The second kappa shape index (κ2) is 8.85. The van der Waals surface area contributed by atoms with Gasteiger partial charge in [-0.3, -0.25) is 4.57 Å². The molecule has 4 aromatic rings. The summed E-state index contributed by atoms with van der Waals surface area (Å²) in [6.45, 7) is 3.82. The summed E-state index contributed by atoms with van der Waals surface area (Å²) in [5, 5.41) is 0.921. The van der Waals surface area contributed by atoms with E-state index < -0.39 is 0 Å². The van der Waals surface area contributed by atoms with Crippen LogP contribution in [0.15, 0.2) is 72.0 Å². The number of nitrogens with zero attached hydrogens (tertiary/aromatic N) is 5. The van der Waals surface area contributed by atoms with Crippen LogP contribution in [0.3, 0.4) is 0 Å². The molecule has 2 aromatic carbocycles. The maximum absolute atomic E-state index is 5.55. The summed E-state index contributed by atoms with van der Waals surface area (Å²) in [4.78, 5) is 16.5. The third-order valence-corrected chi connectivity index (χ3v) is 6.22. The zero-order chi connectivity index (χ0) is 20.2. The molecule has 6 nitrogen and oxygen atoms in total. The van der Waals surface area contributed by atoms with Crippen molar-refractivity contribution >= 4 is 28.9 Å². The molecule has 0 spiro atoms. The Labute approximate surface area is 179 Å². The summed E-state index contributed by atoms with van der Waals surface area (Å²) >= 11 is 1.71. The van der Waals surface area contributed by atoms with Gasteiger partial charge in [0.05, 0.1) is 19.8 Å². The van der Waals surface area contributed by atoms with Crippen LogP contribution in [0.2, 0.25) is 0 Å². The van der Waals surface area contributed by atoms with Crippen LogP contribution in [-0.4, -0.2) is 45.8 Å². The first-order valence-electron chi connectivity index (χ1n) is 10.1. The van der Waals surface area contributed by atoms with Crippen molar-refractivity contribution in [2.24, 2.45) is 0 Å². The van der Waals surface area contributed by atoms with E-state index in [1.165, 1.54) is 11.1 Å². The van der Waals surface area contributed by atoms with Gasteiger partial charge >= 0.3 is 0 Å². The van der Waals surface area contributed by atoms with Crippen molar-refractivity contribution < 1.29 is 4.74 Å². The van der Waals surface area contributed by atoms with Gasteiger partial charge in [0.2, 0.25) is 5.95 Å². The summed E-state index contributed by atoms with van der Waals surface area (Å²) in [6, 6.07) is 20.9. The van der Waals surface area contributed by atoms with Crippen LogP contribution in [0.1, 0.15) is 11.1 Å². The molecule has 0 unspecified atom stereocenters. The molecule has 7 heteroatoms. The number of hydrogen-bond donors (Lipinski definition) is 0. The van der Waals surface area contributed by atoms with E-state index in [0.717, 1.165) is 60.7 Å². The average Bonchev–Trinajstić information content (AvgIpc) is 3.18. The SMILES string of the molecule is c1ccc(CSc2ncnc3c2nc(N2CCOCC2)n3Cc2ccccc2)cc1. The number of rotatable bonds is 6. The second-order valence-corrected chi connectivity index (χ2v) is 8.17. The number of thioether (sulfide) groups is 1. The van der Waals surface area contributed by atoms with E-state index in [0.29, 0.717) is 0 Å². The van der Waals surface area contributed by atoms with Crippen LogP contribution in [0.25, 0.3) is 11.2 Å². The predicted octanol–water partition coefficient (Wildman–Crippen LogP) is 4.00. The molecule has 0 radical (unpaired) electrons. The maximum atomic E-state index is 5.55. The highest BCUT2D eigenvalue weighted by atomic mass is 32.2. The maximum Gasteiger partial charge on any atom is 0.208 e. The molecule has 0 saturated carbocycles. The smallest absolute Gasteiger partial charge is 0.208 e. The minimum atomic E-state index is 0.718. The van der Waals surface area contributed by atoms with Crippen molar-refractivity contribution in [3.05, 3.63) is 78.1 Å². The van der Waals surface area contributed by atoms with E-state index in [1.54, 1.807) is 18.1 Å². The van der Waals surface area contributed by atoms with Gasteiger partial charge in [-0.25, -0.2) is 15.0 Å². The first-order chi connectivity index (χ1) is 14.9. The van der Waals surface area contributed by atoms with Crippen molar-refractivity contribution in [2.45, 2.75) is 17.3 Å². The molecule has 0 atom stereocenters. The van der Waals surface area contributed by atoms with Crippen LogP contribution in [0.5, 0.6) is 0 Å². The number of imidazole rings is 1. The molecule has 0 bridgehead atoms. The summed E-state index contributed by atoms with van der Waals surface area (Å²) < 4.78 is 7.77. The average molecular weight is 418 g/mol. The van der Waals surface area contributed by atoms with Gasteiger partial charge in [0.25, 0.3) is 0 Å². The Morgan fingerprint density at radius 3 is 2.30 bits per heavy atom. The van der Waals surface area contributed by atoms with E-state index in [1.807, 2.05) is 12.1 Å². The highest BCUT2D eigenvalue weighted by Crippen LogP contribution is 2.30. The Kier molecular flexibility index (Phi) is 5.63. The fourth-order valence-corrected chi connectivity index (χ4v) is 4.54. The Morgan fingerprint density at radius 2 is 1.57 bits per heavy atom. The van der Waals surface area contributed by atoms with Gasteiger partial charge < -0.3 is 9.64 Å². The predicted molar refractivity (Wildman–Crippen MR) is 120 cm³/mol. The zero-order valence-corrected chi connectivity index (χ0v) is 17.5. The van der Waals surface area contributed by atoms with Crippen LogP contribution in [-0.2, 0) is 17.0 Å². The molecular weight excluding hydrogens is 394 g/mol. The van der Waals surface area contributed by atoms with Gasteiger partial charge in [0, 0.05) is 18.8 Å². The van der Waals surface area contributed by atoms with Gasteiger partial charge in [-0.1, -0.05) is 72.4 Å². The molecule has 3 heterocycles. The van der Waals surface area contributed by atoms with E-state index in [9.17, 15) is 0 Å². The lowest BCUT2D eigenvalue weighted by Gasteiger charge is -2.28. The highest BCUT2D eigenvalue weighted by Gasteiger charge is 2.22. The molecule has 0 aliphatic carbocycles. The number of benzene rings is 2. The number of fused-ring (bicyclic) bond motifs is 1. The number of aromatic nitrogens is 4. The monoisotopic (exact) mass is 417 g/mol. The van der Waals surface area contributed by atoms with Gasteiger partial charge in [0.1, 0.15) is 16.9 Å². The molecule has 1 saturated heterocycles. The Hall–Kier alpha value is -2.90. The Bertz CT molecular complexity index is 1110. The first kappa shape index (κ1) is 19.1. The molecule has 30 heavy (non-hydrogen) atoms. The van der Waals surface area contributed by atoms with Crippen molar-refractivity contribution in [1.29, 1.82) is 0 Å². The Morgan fingerprint density at radius 1 is 0.867 bits per heavy atom. The van der Waals surface area contributed by atoms with Crippen molar-refractivity contribution in [3.63, 3.8) is 0 Å². The summed E-state index contributed by atoms with van der Waals surface area (Å²) in [5.74, 6) is 1.80. The zero-order valence-electron chi connectivity index (χ0n) is 16.6. The quantitative estimate of drug-likeness (QED) is 0.349. The molecule has 5 rings (SSSR count). The third kappa shape index (κ3) is 4.04. The number of anilines is 1. The standard InChI is InChI=1S/C23H23N5OS/c1-3-7-18(8-4-1)15-28-21-20(26-23(28)27-11-13-29-14-12-27)22(25-17-24-21)30-16-19-9-5-2-6-10-19/h1-10,17H,11-16H2. The van der Waals surface area contributed by atoms with Gasteiger partial charge in [-0.15, -0.1) is 0 Å². The minimum Gasteiger partial charge on any atom is -0.378 e. The lowest BCUT2D eigenvalue weighted by molar-refractivity contribution is 0.121. The van der Waals surface area contributed by atoms with Crippen molar-refractivity contribution in [1.82, 2.24) is 19.5 Å². The highest BCUT2D eigenvalue weighted by molar-refractivity contribution is 7.98. The minimum absolute atomic E-state index is 0.718. The third-order valence-electron chi connectivity index (χ3n) is 5.17. The van der Waals surface area contributed by atoms with Crippen molar-refractivity contribution in [3.8, 4) is 0 Å². The fraction of sp³-hybridized carbons (Fsp3) is 0.261. The lowest BCUT2D eigenvalue weighted by Crippen LogP contribution is -2.38. The molecule has 0 N–H and O–H groups in total. The first-order valence-corrected chi connectivity index (χ1v) is 11.1. The molecular formula is C23H23N5OS. The number of hydrogen-bond acceptors (Lipinski definition) is 6. The van der Waals surface area contributed by atoms with Crippen LogP contribution >= 0.6 is 11.8 Å². The van der Waals surface area contributed by atoms with E-state index in [2.05, 4.69) is 68.0 Å². The van der Waals surface area contributed by atoms with E-state index in [-0.39, 0.29) is 0 Å². The molecule has 0 amide bonds. The second-order valence-electron chi connectivity index (χ2n) is 7.21. The van der Waals surface area contributed by atoms with E-state index >= 15 is 0 Å². The fourth-order valence-electron chi connectivity index (χ4n) is 3.65. The summed E-state index contributed by atoms with van der Waals surface area (Å²) in [5.41, 5.74) is 4.25. The van der Waals surface area contributed by atoms with Crippen LogP contribution in [0, 0.1) is 0 Å². The van der Waals surface area contributed by atoms with Gasteiger partial charge in [0.15, 0.2) is 5.65 Å². The largest absolute Gasteiger partial charge is 0.378 e. The van der Waals surface area contributed by atoms with Crippen molar-refractivity contribution in [2.75, 3.05) is 31.2 Å². The van der Waals surface area contributed by atoms with Gasteiger partial charge in [-0.2, -0.15) is 0 Å². The Balaban J connectivity index is 1.53. The number of morpholine rings is 1. The van der Waals surface area contributed by atoms with Crippen LogP contribution in [0.4, 0.5) is 5.95 Å². The molecule has 2 aromatic heterocycles. The molecule has 152 valence electrons. The number of ether oxygens (including phenoxy) is 1. The normalized spacial score (nSPS) is 14.3. The van der Waals surface area contributed by atoms with E-state index in [4.69, 9.17) is 9.72 Å². The van der Waals surface area contributed by atoms with Crippen LogP contribution < -0.4 is 4.90 Å².